The first-order valence-electron chi connectivity index (χ1n) is 11.9. The number of nitrogens with zero attached hydrogens (tertiary/aromatic N) is 2. The van der Waals surface area contributed by atoms with Crippen LogP contribution in [0.1, 0.15) is 49.7 Å². The number of rotatable bonds is 8. The van der Waals surface area contributed by atoms with Crippen molar-refractivity contribution in [1.82, 2.24) is 15.1 Å². The molecule has 2 unspecified atom stereocenters. The van der Waals surface area contributed by atoms with Gasteiger partial charge in [0.1, 0.15) is 0 Å². The second-order valence-electron chi connectivity index (χ2n) is 9.41. The fourth-order valence-electron chi connectivity index (χ4n) is 6.03. The summed E-state index contributed by atoms with van der Waals surface area (Å²) in [5.41, 5.74) is 3.25. The van der Waals surface area contributed by atoms with Crippen LogP contribution >= 0.6 is 0 Å². The van der Waals surface area contributed by atoms with Gasteiger partial charge in [-0.15, -0.1) is 0 Å². The lowest BCUT2D eigenvalue weighted by atomic mass is 9.61. The highest BCUT2D eigenvalue weighted by atomic mass is 15.2. The molecule has 3 aliphatic rings. The van der Waals surface area contributed by atoms with Crippen molar-refractivity contribution in [3.63, 3.8) is 0 Å². The van der Waals surface area contributed by atoms with E-state index in [0.29, 0.717) is 17.8 Å². The smallest absolute Gasteiger partial charge is 0.0343 e. The van der Waals surface area contributed by atoms with E-state index in [4.69, 9.17) is 0 Å². The van der Waals surface area contributed by atoms with Crippen LogP contribution in [0.15, 0.2) is 60.7 Å². The molecule has 3 nitrogen and oxygen atoms in total. The van der Waals surface area contributed by atoms with Gasteiger partial charge in [0, 0.05) is 25.2 Å². The van der Waals surface area contributed by atoms with Gasteiger partial charge in [-0.3, -0.25) is 4.90 Å². The maximum atomic E-state index is 3.89. The van der Waals surface area contributed by atoms with Crippen molar-refractivity contribution in [2.45, 2.75) is 44.1 Å². The van der Waals surface area contributed by atoms with E-state index in [0.717, 1.165) is 39.3 Å². The predicted molar refractivity (Wildman–Crippen MR) is 127 cm³/mol. The van der Waals surface area contributed by atoms with Crippen molar-refractivity contribution in [1.29, 1.82) is 0 Å². The minimum absolute atomic E-state index is 0.209. The van der Waals surface area contributed by atoms with Crippen molar-refractivity contribution >= 4 is 0 Å². The van der Waals surface area contributed by atoms with Crippen LogP contribution in [0.4, 0.5) is 0 Å². The first-order chi connectivity index (χ1) is 14.7. The van der Waals surface area contributed by atoms with Crippen LogP contribution in [0.3, 0.4) is 0 Å². The minimum atomic E-state index is 0.209. The normalized spacial score (nSPS) is 28.8. The van der Waals surface area contributed by atoms with E-state index in [1.165, 1.54) is 24.0 Å². The first-order valence-corrected chi connectivity index (χ1v) is 11.9. The molecule has 0 radical (unpaired) electrons. The lowest BCUT2D eigenvalue weighted by Gasteiger charge is -2.51. The van der Waals surface area contributed by atoms with Crippen molar-refractivity contribution < 1.29 is 0 Å². The van der Waals surface area contributed by atoms with Crippen LogP contribution < -0.4 is 5.32 Å². The topological polar surface area (TPSA) is 18.5 Å². The summed E-state index contributed by atoms with van der Waals surface area (Å²) in [4.78, 5) is 5.25. The van der Waals surface area contributed by atoms with Crippen LogP contribution in [-0.4, -0.2) is 61.7 Å². The average Bonchev–Trinajstić information content (AvgIpc) is 3.12. The molecule has 5 rings (SSSR count). The second kappa shape index (κ2) is 9.64. The zero-order valence-electron chi connectivity index (χ0n) is 19.1. The third-order valence-corrected chi connectivity index (χ3v) is 7.98. The van der Waals surface area contributed by atoms with Gasteiger partial charge in [0.2, 0.25) is 0 Å². The van der Waals surface area contributed by atoms with Crippen LogP contribution in [-0.2, 0) is 0 Å². The van der Waals surface area contributed by atoms with Gasteiger partial charge in [0.25, 0.3) is 0 Å². The summed E-state index contributed by atoms with van der Waals surface area (Å²) in [7, 11) is 2.38. The summed E-state index contributed by atoms with van der Waals surface area (Å²) in [6.45, 7) is 11.3. The monoisotopic (exact) mass is 405 g/mol. The molecule has 2 bridgehead atoms. The third kappa shape index (κ3) is 4.34. The van der Waals surface area contributed by atoms with E-state index in [1.807, 2.05) is 0 Å². The van der Waals surface area contributed by atoms with E-state index >= 15 is 0 Å². The molecule has 2 atom stereocenters. The second-order valence-corrected chi connectivity index (χ2v) is 9.41. The van der Waals surface area contributed by atoms with Crippen molar-refractivity contribution in [3.05, 3.63) is 71.8 Å². The average molecular weight is 406 g/mol. The van der Waals surface area contributed by atoms with E-state index in [9.17, 15) is 0 Å². The van der Waals surface area contributed by atoms with Crippen LogP contribution in [0.5, 0.6) is 0 Å². The zero-order valence-corrected chi connectivity index (χ0v) is 19.1. The Morgan fingerprint density at radius 1 is 0.833 bits per heavy atom. The molecule has 2 aliphatic heterocycles. The standard InChI is InChI=1S/C27H39N3/c1-4-30(5-2)17-16-29(3)27-18-24(22-12-8-6-9-13-22)26(20-28-21-27)25(19-27)23-14-10-7-11-15-23/h6-15,24-26,28H,4-5,16-21H2,1-3H3. The highest BCUT2D eigenvalue weighted by molar-refractivity contribution is 5.30. The van der Waals surface area contributed by atoms with Gasteiger partial charge in [0.05, 0.1) is 0 Å². The Labute approximate surface area is 183 Å². The molecule has 0 spiro atoms. The third-order valence-electron chi connectivity index (χ3n) is 7.98. The number of nitrogens with one attached hydrogen (secondary N) is 1. The van der Waals surface area contributed by atoms with E-state index in [1.54, 1.807) is 0 Å². The minimum Gasteiger partial charge on any atom is -0.315 e. The predicted octanol–water partition coefficient (Wildman–Crippen LogP) is 4.58. The van der Waals surface area contributed by atoms with Gasteiger partial charge in [-0.25, -0.2) is 0 Å². The summed E-state index contributed by atoms with van der Waals surface area (Å²) < 4.78 is 0. The Morgan fingerprint density at radius 2 is 1.37 bits per heavy atom. The SMILES string of the molecule is CCN(CC)CCN(C)C12CNCC(C(c3ccccc3)C1)C(c1ccccc1)C2. The van der Waals surface area contributed by atoms with Gasteiger partial charge in [-0.1, -0.05) is 74.5 Å². The summed E-state index contributed by atoms with van der Waals surface area (Å²) in [5.74, 6) is 1.87. The summed E-state index contributed by atoms with van der Waals surface area (Å²) in [6.07, 6.45) is 2.51. The van der Waals surface area contributed by atoms with Gasteiger partial charge < -0.3 is 10.2 Å². The number of hydrogen-bond acceptors (Lipinski definition) is 3. The molecule has 2 saturated heterocycles. The van der Waals surface area contributed by atoms with Gasteiger partial charge in [0.15, 0.2) is 0 Å². The number of fused-ring (bicyclic) bond motifs is 4. The molecular formula is C27H39N3. The first kappa shape index (κ1) is 21.5. The summed E-state index contributed by atoms with van der Waals surface area (Å²) in [6, 6.07) is 22.6. The molecule has 2 heterocycles. The Bertz CT molecular complexity index is 722. The largest absolute Gasteiger partial charge is 0.315 e. The highest BCUT2D eigenvalue weighted by Crippen LogP contribution is 2.52. The van der Waals surface area contributed by atoms with E-state index < -0.39 is 0 Å². The van der Waals surface area contributed by atoms with Crippen molar-refractivity contribution in [2.75, 3.05) is 46.3 Å². The molecule has 0 aromatic heterocycles. The number of likely N-dealkylation sites (N-methyl/N-ethyl adjacent to an activating group) is 2. The fourth-order valence-corrected chi connectivity index (χ4v) is 6.03. The lowest BCUT2D eigenvalue weighted by Crippen LogP contribution is -2.56. The maximum absolute atomic E-state index is 3.89. The number of benzene rings is 2. The summed E-state index contributed by atoms with van der Waals surface area (Å²) in [5, 5.41) is 3.89. The molecule has 1 N–H and O–H groups in total. The Balaban J connectivity index is 1.66. The Kier molecular flexibility index (Phi) is 6.92. The molecule has 3 heteroatoms. The fraction of sp³-hybridized carbons (Fsp3) is 0.556. The molecule has 2 aromatic carbocycles. The molecule has 162 valence electrons. The lowest BCUT2D eigenvalue weighted by molar-refractivity contribution is 0.0488. The zero-order chi connectivity index (χ0) is 21.0. The van der Waals surface area contributed by atoms with Gasteiger partial charge >= 0.3 is 0 Å². The quantitative estimate of drug-likeness (QED) is 0.693. The van der Waals surface area contributed by atoms with E-state index in [-0.39, 0.29) is 5.54 Å². The molecule has 30 heavy (non-hydrogen) atoms. The highest BCUT2D eigenvalue weighted by Gasteiger charge is 2.50. The Hall–Kier alpha value is -1.68. The van der Waals surface area contributed by atoms with Gasteiger partial charge in [-0.05, 0) is 68.4 Å². The maximum Gasteiger partial charge on any atom is 0.0343 e. The van der Waals surface area contributed by atoms with E-state index in [2.05, 4.69) is 96.7 Å². The van der Waals surface area contributed by atoms with Crippen molar-refractivity contribution in [3.8, 4) is 0 Å². The molecule has 1 saturated carbocycles. The summed E-state index contributed by atoms with van der Waals surface area (Å²) >= 11 is 0. The van der Waals surface area contributed by atoms with Gasteiger partial charge in [-0.2, -0.15) is 0 Å². The van der Waals surface area contributed by atoms with Crippen LogP contribution in [0.2, 0.25) is 0 Å². The molecular weight excluding hydrogens is 366 g/mol. The molecule has 1 aliphatic carbocycles. The molecule has 2 aromatic rings. The van der Waals surface area contributed by atoms with Crippen molar-refractivity contribution in [2.24, 2.45) is 5.92 Å². The number of hydrogen-bond donors (Lipinski definition) is 1. The van der Waals surface area contributed by atoms with Crippen LogP contribution in [0.25, 0.3) is 0 Å². The Morgan fingerprint density at radius 3 is 1.87 bits per heavy atom. The molecule has 3 fully saturated rings. The van der Waals surface area contributed by atoms with Crippen LogP contribution in [0, 0.1) is 5.92 Å². The molecule has 0 amide bonds.